The molecule has 10 heteroatoms. The minimum atomic E-state index is -1.58. The van der Waals surface area contributed by atoms with E-state index in [2.05, 4.69) is 15.0 Å². The maximum Gasteiger partial charge on any atom is 0.351 e. The summed E-state index contributed by atoms with van der Waals surface area (Å²) in [5.41, 5.74) is 11.5. The summed E-state index contributed by atoms with van der Waals surface area (Å²) in [6.45, 7) is -0.609. The summed E-state index contributed by atoms with van der Waals surface area (Å²) >= 11 is 0. The highest BCUT2D eigenvalue weighted by Crippen LogP contribution is 2.37. The molecule has 2 heterocycles. The van der Waals surface area contributed by atoms with Gasteiger partial charge >= 0.3 is 5.69 Å². The molecule has 3 unspecified atom stereocenters. The zero-order chi connectivity index (χ0) is 14.0. The van der Waals surface area contributed by atoms with E-state index in [1.165, 1.54) is 12.3 Å². The number of aliphatic hydroxyl groups excluding tert-OH is 2. The lowest BCUT2D eigenvalue weighted by molar-refractivity contribution is -0.107. The number of nitrogens with two attached hydrogens (primary N) is 1. The molecule has 0 amide bonds. The van der Waals surface area contributed by atoms with Crippen LogP contribution in [0, 0.1) is 0 Å². The van der Waals surface area contributed by atoms with E-state index in [-0.39, 0.29) is 12.2 Å². The molecule has 0 spiro atoms. The summed E-state index contributed by atoms with van der Waals surface area (Å²) in [7, 11) is 0. The second-order valence-electron chi connectivity index (χ2n) is 4.12. The van der Waals surface area contributed by atoms with Crippen molar-refractivity contribution in [3.8, 4) is 0 Å². The van der Waals surface area contributed by atoms with Crippen molar-refractivity contribution in [3.05, 3.63) is 33.2 Å². The Hall–Kier alpha value is -2.13. The topological polar surface area (TPSA) is 159 Å². The molecule has 1 aromatic rings. The first-order valence-electron chi connectivity index (χ1n) is 5.39. The van der Waals surface area contributed by atoms with Crippen LogP contribution in [0.25, 0.3) is 10.4 Å². The molecule has 0 bridgehead atoms. The van der Waals surface area contributed by atoms with Crippen molar-refractivity contribution in [2.24, 2.45) is 5.11 Å². The van der Waals surface area contributed by atoms with E-state index in [4.69, 9.17) is 16.0 Å². The lowest BCUT2D eigenvalue weighted by atomic mass is 10.1. The van der Waals surface area contributed by atoms with E-state index in [1.807, 2.05) is 0 Å². The van der Waals surface area contributed by atoms with Gasteiger partial charge in [-0.05, 0) is 11.6 Å². The van der Waals surface area contributed by atoms with Crippen molar-refractivity contribution in [2.75, 3.05) is 12.3 Å². The molecule has 0 aliphatic carbocycles. The minimum absolute atomic E-state index is 0.0391. The third kappa shape index (κ3) is 2.37. The maximum absolute atomic E-state index is 11.6. The molecule has 2 rings (SSSR count). The van der Waals surface area contributed by atoms with Crippen LogP contribution in [0.15, 0.2) is 22.2 Å². The molecule has 1 aliphatic rings. The molecular formula is C9H12N6O4. The summed E-state index contributed by atoms with van der Waals surface area (Å²) < 4.78 is 6.34. The molecule has 1 aliphatic heterocycles. The SMILES string of the molecule is [N-]=[N+]=NC1(CO)CC(O)C(n2ccc(N)nc2=O)O1. The van der Waals surface area contributed by atoms with Gasteiger partial charge in [-0.25, -0.2) is 4.79 Å². The highest BCUT2D eigenvalue weighted by molar-refractivity contribution is 5.23. The Bertz CT molecular complexity index is 582. The minimum Gasteiger partial charge on any atom is -0.393 e. The maximum atomic E-state index is 11.6. The summed E-state index contributed by atoms with van der Waals surface area (Å²) in [6.07, 6.45) is -1.05. The molecule has 1 aromatic heterocycles. The lowest BCUT2D eigenvalue weighted by Crippen LogP contribution is -2.33. The van der Waals surface area contributed by atoms with E-state index in [1.54, 1.807) is 0 Å². The fourth-order valence-corrected chi connectivity index (χ4v) is 1.92. The van der Waals surface area contributed by atoms with Gasteiger partial charge in [0.15, 0.2) is 12.0 Å². The van der Waals surface area contributed by atoms with Gasteiger partial charge in [-0.3, -0.25) is 4.57 Å². The Kier molecular flexibility index (Phi) is 3.40. The number of anilines is 1. The van der Waals surface area contributed by atoms with Crippen LogP contribution in [0.4, 0.5) is 5.82 Å². The molecule has 1 saturated heterocycles. The standard InChI is InChI=1S/C9H12N6O4/c10-6-1-2-15(8(18)12-6)7-5(17)3-9(4-16,19-7)13-14-11/h1-2,5,7,16-17H,3-4H2,(H2,10,12,18). The molecule has 0 radical (unpaired) electrons. The Morgan fingerprint density at radius 3 is 3.11 bits per heavy atom. The lowest BCUT2D eigenvalue weighted by Gasteiger charge is -2.21. The van der Waals surface area contributed by atoms with E-state index in [0.717, 1.165) is 4.57 Å². The molecule has 4 N–H and O–H groups in total. The first-order valence-corrected chi connectivity index (χ1v) is 5.39. The average Bonchev–Trinajstić information content (AvgIpc) is 2.68. The number of aliphatic hydroxyl groups is 2. The number of azide groups is 1. The van der Waals surface area contributed by atoms with Crippen LogP contribution in [-0.4, -0.2) is 38.2 Å². The molecule has 3 atom stereocenters. The van der Waals surface area contributed by atoms with Crippen molar-refractivity contribution in [1.82, 2.24) is 9.55 Å². The number of aromatic nitrogens is 2. The predicted molar refractivity (Wildman–Crippen MR) is 62.6 cm³/mol. The van der Waals surface area contributed by atoms with Crippen LogP contribution in [-0.2, 0) is 4.74 Å². The number of hydrogen-bond donors (Lipinski definition) is 3. The molecule has 0 saturated carbocycles. The van der Waals surface area contributed by atoms with Crippen LogP contribution in [0.3, 0.4) is 0 Å². The Balaban J connectivity index is 2.37. The van der Waals surface area contributed by atoms with Gasteiger partial charge in [0, 0.05) is 17.5 Å². The van der Waals surface area contributed by atoms with Crippen LogP contribution < -0.4 is 11.4 Å². The van der Waals surface area contributed by atoms with Gasteiger partial charge in [0.05, 0.1) is 6.61 Å². The highest BCUT2D eigenvalue weighted by Gasteiger charge is 2.46. The Morgan fingerprint density at radius 1 is 1.79 bits per heavy atom. The number of nitrogens with zero attached hydrogens (tertiary/aromatic N) is 5. The van der Waals surface area contributed by atoms with Crippen molar-refractivity contribution in [2.45, 2.75) is 24.5 Å². The van der Waals surface area contributed by atoms with E-state index in [0.29, 0.717) is 0 Å². The smallest absolute Gasteiger partial charge is 0.351 e. The molecule has 1 fully saturated rings. The summed E-state index contributed by atoms with van der Waals surface area (Å²) in [6, 6.07) is 1.37. The first kappa shape index (κ1) is 13.3. The van der Waals surface area contributed by atoms with Gasteiger partial charge in [-0.2, -0.15) is 4.98 Å². The summed E-state index contributed by atoms with van der Waals surface area (Å²) in [4.78, 5) is 17.7. The van der Waals surface area contributed by atoms with Crippen LogP contribution in [0.1, 0.15) is 12.6 Å². The molecule has 19 heavy (non-hydrogen) atoms. The zero-order valence-electron chi connectivity index (χ0n) is 9.75. The van der Waals surface area contributed by atoms with Crippen molar-refractivity contribution < 1.29 is 14.9 Å². The fourth-order valence-electron chi connectivity index (χ4n) is 1.92. The van der Waals surface area contributed by atoms with Gasteiger partial charge in [0.2, 0.25) is 0 Å². The van der Waals surface area contributed by atoms with Crippen molar-refractivity contribution in [1.29, 1.82) is 0 Å². The zero-order valence-corrected chi connectivity index (χ0v) is 9.75. The normalized spacial score (nSPS) is 30.0. The quantitative estimate of drug-likeness (QED) is 0.366. The largest absolute Gasteiger partial charge is 0.393 e. The van der Waals surface area contributed by atoms with Gasteiger partial charge in [-0.1, -0.05) is 5.11 Å². The fraction of sp³-hybridized carbons (Fsp3) is 0.556. The number of rotatable bonds is 3. The highest BCUT2D eigenvalue weighted by atomic mass is 16.6. The number of ether oxygens (including phenoxy) is 1. The van der Waals surface area contributed by atoms with Crippen molar-refractivity contribution >= 4 is 5.82 Å². The van der Waals surface area contributed by atoms with E-state index < -0.39 is 30.4 Å². The van der Waals surface area contributed by atoms with Gasteiger partial charge in [0.1, 0.15) is 11.9 Å². The van der Waals surface area contributed by atoms with Gasteiger partial charge < -0.3 is 20.7 Å². The van der Waals surface area contributed by atoms with Gasteiger partial charge in [-0.15, -0.1) is 0 Å². The predicted octanol–water partition coefficient (Wildman–Crippen LogP) is -0.896. The van der Waals surface area contributed by atoms with E-state index >= 15 is 0 Å². The molecule has 10 nitrogen and oxygen atoms in total. The number of hydrogen-bond acceptors (Lipinski definition) is 7. The number of nitrogen functional groups attached to an aromatic ring is 1. The van der Waals surface area contributed by atoms with Gasteiger partial charge in [0.25, 0.3) is 0 Å². The first-order chi connectivity index (χ1) is 9.01. The monoisotopic (exact) mass is 268 g/mol. The third-order valence-electron chi connectivity index (χ3n) is 2.80. The van der Waals surface area contributed by atoms with Crippen molar-refractivity contribution in [3.63, 3.8) is 0 Å². The molecule has 102 valence electrons. The Labute approximate surface area is 106 Å². The van der Waals surface area contributed by atoms with E-state index in [9.17, 15) is 15.0 Å². The summed E-state index contributed by atoms with van der Waals surface area (Å²) in [5, 5.41) is 22.4. The second-order valence-corrected chi connectivity index (χ2v) is 4.12. The molecule has 0 aromatic carbocycles. The summed E-state index contributed by atoms with van der Waals surface area (Å²) in [5.74, 6) is 0.0391. The third-order valence-corrected chi connectivity index (χ3v) is 2.80. The molecular weight excluding hydrogens is 256 g/mol. The van der Waals surface area contributed by atoms with Crippen LogP contribution in [0.5, 0.6) is 0 Å². The second kappa shape index (κ2) is 4.86. The van der Waals surface area contributed by atoms with Crippen LogP contribution in [0.2, 0.25) is 0 Å². The Morgan fingerprint density at radius 2 is 2.53 bits per heavy atom. The van der Waals surface area contributed by atoms with Crippen LogP contribution >= 0.6 is 0 Å². The average molecular weight is 268 g/mol.